The van der Waals surface area contributed by atoms with E-state index in [9.17, 15) is 18.3 Å². The molecule has 1 amide bonds. The van der Waals surface area contributed by atoms with Gasteiger partial charge in [0.15, 0.2) is 0 Å². The van der Waals surface area contributed by atoms with Gasteiger partial charge in [-0.15, -0.1) is 0 Å². The lowest BCUT2D eigenvalue weighted by Gasteiger charge is -2.26. The van der Waals surface area contributed by atoms with Gasteiger partial charge in [0.05, 0.1) is 30.1 Å². The first-order valence-electron chi connectivity index (χ1n) is 8.20. The molecule has 9 heteroatoms. The Bertz CT molecular complexity index is 857. The van der Waals surface area contributed by atoms with Gasteiger partial charge in [0.1, 0.15) is 11.5 Å². The third kappa shape index (κ3) is 4.24. The van der Waals surface area contributed by atoms with Crippen molar-refractivity contribution in [2.75, 3.05) is 31.6 Å². The Morgan fingerprint density at radius 3 is 2.69 bits per heavy atom. The van der Waals surface area contributed by atoms with Gasteiger partial charge in [-0.3, -0.25) is 4.79 Å². The third-order valence-corrected chi connectivity index (χ3v) is 5.92. The van der Waals surface area contributed by atoms with Crippen molar-refractivity contribution >= 4 is 21.6 Å². The molecule has 0 spiro atoms. The van der Waals surface area contributed by atoms with Crippen molar-refractivity contribution < 1.29 is 27.5 Å². The number of sulfonamides is 1. The molecule has 0 radical (unpaired) electrons. The summed E-state index contributed by atoms with van der Waals surface area (Å²) in [6, 6.07) is 7.35. The van der Waals surface area contributed by atoms with E-state index in [4.69, 9.17) is 9.15 Å². The number of benzene rings is 1. The molecule has 1 fully saturated rings. The highest BCUT2D eigenvalue weighted by Gasteiger charge is 2.27. The lowest BCUT2D eigenvalue weighted by molar-refractivity contribution is -0.116. The first-order chi connectivity index (χ1) is 12.5. The van der Waals surface area contributed by atoms with E-state index in [0.717, 1.165) is 0 Å². The normalized spacial score (nSPS) is 15.7. The molecule has 140 valence electrons. The molecule has 1 aromatic heterocycles. The smallest absolute Gasteiger partial charge is 0.243 e. The molecule has 0 aliphatic carbocycles. The summed E-state index contributed by atoms with van der Waals surface area (Å²) in [5.41, 5.74) is 0.0591. The Morgan fingerprint density at radius 2 is 2.00 bits per heavy atom. The number of furan rings is 1. The van der Waals surface area contributed by atoms with Crippen molar-refractivity contribution in [3.63, 3.8) is 0 Å². The number of aromatic hydroxyl groups is 1. The largest absolute Gasteiger partial charge is 0.506 e. The Hall–Kier alpha value is -2.36. The van der Waals surface area contributed by atoms with Gasteiger partial charge in [0.2, 0.25) is 15.9 Å². The lowest BCUT2D eigenvalue weighted by Crippen LogP contribution is -2.40. The van der Waals surface area contributed by atoms with Crippen LogP contribution in [0.5, 0.6) is 5.75 Å². The molecule has 2 aromatic rings. The number of nitrogens with zero attached hydrogens (tertiary/aromatic N) is 1. The zero-order valence-electron chi connectivity index (χ0n) is 14.1. The zero-order chi connectivity index (χ0) is 18.6. The monoisotopic (exact) mass is 380 g/mol. The predicted octanol–water partition coefficient (Wildman–Crippen LogP) is 1.58. The number of anilines is 1. The van der Waals surface area contributed by atoms with E-state index in [0.29, 0.717) is 25.4 Å². The summed E-state index contributed by atoms with van der Waals surface area (Å²) in [6.07, 6.45) is 2.08. The molecule has 2 N–H and O–H groups in total. The average molecular weight is 380 g/mol. The summed E-state index contributed by atoms with van der Waals surface area (Å²) >= 11 is 0. The number of aryl methyl sites for hydroxylation is 1. The Balaban J connectivity index is 1.71. The fraction of sp³-hybridized carbons (Fsp3) is 0.353. The van der Waals surface area contributed by atoms with Crippen LogP contribution in [0.1, 0.15) is 12.2 Å². The first-order valence-corrected chi connectivity index (χ1v) is 9.64. The third-order valence-electron chi connectivity index (χ3n) is 4.03. The van der Waals surface area contributed by atoms with Crippen LogP contribution in [0.3, 0.4) is 0 Å². The first kappa shape index (κ1) is 18.4. The number of phenolic OH excluding ortho intramolecular Hbond substituents is 1. The van der Waals surface area contributed by atoms with Crippen LogP contribution in [0.15, 0.2) is 45.9 Å². The van der Waals surface area contributed by atoms with Gasteiger partial charge in [0.25, 0.3) is 0 Å². The van der Waals surface area contributed by atoms with Crippen molar-refractivity contribution in [3.8, 4) is 5.75 Å². The number of rotatable bonds is 6. The van der Waals surface area contributed by atoms with Gasteiger partial charge < -0.3 is 19.6 Å². The zero-order valence-corrected chi connectivity index (χ0v) is 14.9. The van der Waals surface area contributed by atoms with Gasteiger partial charge >= 0.3 is 0 Å². The maximum atomic E-state index is 12.7. The standard InChI is InChI=1S/C17H20N2O6S/c20-16-5-4-14(26(22,23)19-7-10-24-11-8-19)12-15(16)18-17(21)6-3-13-2-1-9-25-13/h1-2,4-5,9,12,20H,3,6-8,10-11H2,(H,18,21). The van der Waals surface area contributed by atoms with Gasteiger partial charge in [-0.25, -0.2) is 8.42 Å². The Kier molecular flexibility index (Phi) is 5.60. The maximum Gasteiger partial charge on any atom is 0.243 e. The lowest BCUT2D eigenvalue weighted by atomic mass is 10.2. The molecule has 1 aliphatic rings. The second-order valence-corrected chi connectivity index (χ2v) is 7.76. The number of phenols is 1. The fourth-order valence-corrected chi connectivity index (χ4v) is 4.05. The summed E-state index contributed by atoms with van der Waals surface area (Å²) < 4.78 is 37.0. The molecule has 1 aliphatic heterocycles. The fourth-order valence-electron chi connectivity index (χ4n) is 2.62. The number of morpholine rings is 1. The van der Waals surface area contributed by atoms with Crippen molar-refractivity contribution in [1.29, 1.82) is 0 Å². The van der Waals surface area contributed by atoms with Crippen LogP contribution in [0, 0.1) is 0 Å². The molecule has 3 rings (SSSR count). The number of hydrogen-bond acceptors (Lipinski definition) is 6. The van der Waals surface area contributed by atoms with E-state index in [2.05, 4.69) is 5.32 Å². The van der Waals surface area contributed by atoms with Crippen molar-refractivity contribution in [3.05, 3.63) is 42.4 Å². The second-order valence-electron chi connectivity index (χ2n) is 5.82. The summed E-state index contributed by atoms with van der Waals surface area (Å²) in [6.45, 7) is 1.23. The van der Waals surface area contributed by atoms with Crippen LogP contribution in [0.25, 0.3) is 0 Å². The highest BCUT2D eigenvalue weighted by Crippen LogP contribution is 2.28. The molecule has 26 heavy (non-hydrogen) atoms. The minimum Gasteiger partial charge on any atom is -0.506 e. The quantitative estimate of drug-likeness (QED) is 0.737. The van der Waals surface area contributed by atoms with Gasteiger partial charge in [0, 0.05) is 25.9 Å². The highest BCUT2D eigenvalue weighted by molar-refractivity contribution is 7.89. The molecular weight excluding hydrogens is 360 g/mol. The van der Waals surface area contributed by atoms with E-state index in [1.54, 1.807) is 12.1 Å². The minimum absolute atomic E-state index is 0.0125. The average Bonchev–Trinajstić information content (AvgIpc) is 3.16. The molecule has 1 saturated heterocycles. The molecule has 2 heterocycles. The van der Waals surface area contributed by atoms with Crippen LogP contribution in [-0.4, -0.2) is 50.0 Å². The van der Waals surface area contributed by atoms with E-state index < -0.39 is 10.0 Å². The van der Waals surface area contributed by atoms with Crippen molar-refractivity contribution in [2.45, 2.75) is 17.7 Å². The Labute approximate surface area is 151 Å². The molecule has 0 saturated carbocycles. The van der Waals surface area contributed by atoms with Crippen LogP contribution in [-0.2, 0) is 26.0 Å². The second kappa shape index (κ2) is 7.90. The molecule has 0 unspecified atom stereocenters. The topological polar surface area (TPSA) is 109 Å². The molecule has 0 atom stereocenters. The summed E-state index contributed by atoms with van der Waals surface area (Å²) in [7, 11) is -3.71. The van der Waals surface area contributed by atoms with E-state index in [1.807, 2.05) is 0 Å². The molecule has 0 bridgehead atoms. The number of ether oxygens (including phenoxy) is 1. The van der Waals surface area contributed by atoms with E-state index in [-0.39, 0.29) is 41.7 Å². The number of amides is 1. The van der Waals surface area contributed by atoms with E-state index in [1.165, 1.54) is 28.8 Å². The van der Waals surface area contributed by atoms with Crippen LogP contribution < -0.4 is 5.32 Å². The van der Waals surface area contributed by atoms with Crippen molar-refractivity contribution in [1.82, 2.24) is 4.31 Å². The van der Waals surface area contributed by atoms with Crippen LogP contribution in [0.2, 0.25) is 0 Å². The number of carbonyl (C=O) groups excluding carboxylic acids is 1. The van der Waals surface area contributed by atoms with Gasteiger partial charge in [-0.2, -0.15) is 4.31 Å². The van der Waals surface area contributed by atoms with Crippen LogP contribution in [0.4, 0.5) is 5.69 Å². The number of nitrogens with one attached hydrogen (secondary N) is 1. The molecular formula is C17H20N2O6S. The predicted molar refractivity (Wildman–Crippen MR) is 93.3 cm³/mol. The van der Waals surface area contributed by atoms with Gasteiger partial charge in [-0.1, -0.05) is 0 Å². The Morgan fingerprint density at radius 1 is 1.23 bits per heavy atom. The number of carbonyl (C=O) groups is 1. The summed E-state index contributed by atoms with van der Waals surface area (Å²) in [4.78, 5) is 12.1. The van der Waals surface area contributed by atoms with Gasteiger partial charge in [-0.05, 0) is 30.3 Å². The number of hydrogen-bond donors (Lipinski definition) is 2. The highest BCUT2D eigenvalue weighted by atomic mass is 32.2. The maximum absolute atomic E-state index is 12.7. The molecule has 1 aromatic carbocycles. The minimum atomic E-state index is -3.71. The summed E-state index contributed by atoms with van der Waals surface area (Å²) in [5, 5.41) is 12.5. The van der Waals surface area contributed by atoms with Crippen LogP contribution >= 0.6 is 0 Å². The van der Waals surface area contributed by atoms with Crippen molar-refractivity contribution in [2.24, 2.45) is 0 Å². The van der Waals surface area contributed by atoms with E-state index >= 15 is 0 Å². The SMILES string of the molecule is O=C(CCc1ccco1)Nc1cc(S(=O)(=O)N2CCOCC2)ccc1O. The molecule has 8 nitrogen and oxygen atoms in total. The summed E-state index contributed by atoms with van der Waals surface area (Å²) in [5.74, 6) is 0.128.